The number of aromatic hydroxyl groups is 1. The zero-order valence-electron chi connectivity index (χ0n) is 24.1. The van der Waals surface area contributed by atoms with E-state index >= 15 is 4.39 Å². The number of nitrogens with zero attached hydrogens (tertiary/aromatic N) is 5. The van der Waals surface area contributed by atoms with Crippen molar-refractivity contribution in [2.75, 3.05) is 37.8 Å². The number of β-amino-alcohol motifs (C(OH)–C–C–N with tert-alkyl or cyclic N) is 1. The van der Waals surface area contributed by atoms with Crippen molar-refractivity contribution in [3.05, 3.63) is 47.7 Å². The lowest BCUT2D eigenvalue weighted by Crippen LogP contribution is -2.55. The first-order valence-corrected chi connectivity index (χ1v) is 14.6. The number of hydrogen-bond acceptors (Lipinski definition) is 9. The molecule has 2 aromatic heterocycles. The molecule has 5 heterocycles. The van der Waals surface area contributed by atoms with Crippen LogP contribution in [0.3, 0.4) is 0 Å². The number of anilines is 1. The Bertz CT molecular complexity index is 1850. The van der Waals surface area contributed by atoms with Gasteiger partial charge in [0.2, 0.25) is 0 Å². The van der Waals surface area contributed by atoms with E-state index in [1.807, 2.05) is 0 Å². The molecule has 44 heavy (non-hydrogen) atoms. The second kappa shape index (κ2) is 10.5. The minimum Gasteiger partial charge on any atom is -0.508 e. The zero-order valence-corrected chi connectivity index (χ0v) is 24.1. The van der Waals surface area contributed by atoms with Crippen LogP contribution >= 0.6 is 0 Å². The number of pyridine rings is 1. The number of hydrogen-bond donors (Lipinski definition) is 3. The maximum atomic E-state index is 16.7. The molecular formula is C32H31F3N6O3. The molecule has 3 aliphatic rings. The number of benzene rings is 2. The van der Waals surface area contributed by atoms with Crippen LogP contribution in [0.4, 0.5) is 19.0 Å². The number of fused-ring (bicyclic) bond motifs is 3. The van der Waals surface area contributed by atoms with Gasteiger partial charge in [-0.25, -0.2) is 18.6 Å². The van der Waals surface area contributed by atoms with Crippen LogP contribution < -0.4 is 15.2 Å². The zero-order chi connectivity index (χ0) is 30.8. The van der Waals surface area contributed by atoms with Gasteiger partial charge in [-0.1, -0.05) is 12.0 Å². The van der Waals surface area contributed by atoms with E-state index in [0.29, 0.717) is 31.3 Å². The molecule has 3 atom stereocenters. The second-order valence-electron chi connectivity index (χ2n) is 12.3. The van der Waals surface area contributed by atoms with Gasteiger partial charge in [0.1, 0.15) is 35.6 Å². The maximum absolute atomic E-state index is 16.7. The summed E-state index contributed by atoms with van der Waals surface area (Å²) in [7, 11) is 0. The van der Waals surface area contributed by atoms with Gasteiger partial charge >= 0.3 is 6.01 Å². The smallest absolute Gasteiger partial charge is 0.319 e. The Labute approximate surface area is 251 Å². The fraction of sp³-hybridized carbons (Fsp3) is 0.406. The third-order valence-electron chi connectivity index (χ3n) is 9.05. The summed E-state index contributed by atoms with van der Waals surface area (Å²) in [5.74, 6) is 0.875. The highest BCUT2D eigenvalue weighted by atomic mass is 19.1. The number of phenolic OH excluding ortho intramolecular Hbond substituents is 1. The maximum Gasteiger partial charge on any atom is 0.319 e. The van der Waals surface area contributed by atoms with Gasteiger partial charge in [-0.15, -0.1) is 6.42 Å². The Morgan fingerprint density at radius 3 is 2.86 bits per heavy atom. The second-order valence-corrected chi connectivity index (χ2v) is 12.3. The summed E-state index contributed by atoms with van der Waals surface area (Å²) in [5.41, 5.74) is 1.33. The standard InChI is InChI=1S/C32H31F3N6O3/c1-3-21-24(34)6-5-18-11-20(42)12-22(25(18)21)27-26(35)28-23(14-36-27)29(41-16-31(2,43)8-9-37-41)39-30(38-28)44-17-32-7-4-10-40(32)15-19(33)13-32/h1,5-6,11-12,14,19,37,42-43H,4,7-10,13,15-17H2,2H3/t19-,31-,32+/m1/s1. The number of terminal acetylenes is 1. The molecule has 12 heteroatoms. The summed E-state index contributed by atoms with van der Waals surface area (Å²) in [6.07, 6.45) is 8.61. The van der Waals surface area contributed by atoms with E-state index in [9.17, 15) is 19.0 Å². The number of halogens is 3. The van der Waals surface area contributed by atoms with Crippen molar-refractivity contribution < 1.29 is 28.1 Å². The molecular weight excluding hydrogens is 573 g/mol. The minimum absolute atomic E-state index is 0.0888. The third-order valence-corrected chi connectivity index (χ3v) is 9.05. The van der Waals surface area contributed by atoms with Gasteiger partial charge in [0, 0.05) is 36.7 Å². The first kappa shape index (κ1) is 28.6. The first-order chi connectivity index (χ1) is 21.1. The Balaban J connectivity index is 1.39. The van der Waals surface area contributed by atoms with E-state index in [-0.39, 0.29) is 63.8 Å². The van der Waals surface area contributed by atoms with Crippen molar-refractivity contribution in [2.45, 2.75) is 49.9 Å². The summed E-state index contributed by atoms with van der Waals surface area (Å²) in [4.78, 5) is 15.6. The molecule has 4 aromatic rings. The van der Waals surface area contributed by atoms with Gasteiger partial charge in [-0.05, 0) is 56.3 Å². The molecule has 0 spiro atoms. The molecule has 3 saturated heterocycles. The molecule has 7 rings (SSSR count). The third kappa shape index (κ3) is 4.76. The molecule has 0 bridgehead atoms. The highest BCUT2D eigenvalue weighted by Gasteiger charge is 2.49. The summed E-state index contributed by atoms with van der Waals surface area (Å²) < 4.78 is 51.9. The molecule has 3 N–H and O–H groups in total. The van der Waals surface area contributed by atoms with Crippen LogP contribution in [0.15, 0.2) is 30.5 Å². The topological polar surface area (TPSA) is 107 Å². The number of hydrazine groups is 1. The number of nitrogens with one attached hydrogen (secondary N) is 1. The van der Waals surface area contributed by atoms with E-state index in [1.165, 1.54) is 30.5 Å². The van der Waals surface area contributed by atoms with Crippen LogP contribution in [0, 0.1) is 24.0 Å². The van der Waals surface area contributed by atoms with Crippen molar-refractivity contribution in [1.82, 2.24) is 25.3 Å². The lowest BCUT2D eigenvalue weighted by molar-refractivity contribution is 0.0412. The lowest BCUT2D eigenvalue weighted by atomic mass is 9.95. The minimum atomic E-state index is -1.05. The summed E-state index contributed by atoms with van der Waals surface area (Å²) in [5, 5.41) is 23.8. The molecule has 0 aliphatic carbocycles. The summed E-state index contributed by atoms with van der Waals surface area (Å²) in [6, 6.07) is 5.22. The van der Waals surface area contributed by atoms with Gasteiger partial charge in [0.15, 0.2) is 11.6 Å². The predicted molar refractivity (Wildman–Crippen MR) is 159 cm³/mol. The van der Waals surface area contributed by atoms with Crippen LogP contribution in [0.25, 0.3) is 32.9 Å². The SMILES string of the molecule is C#Cc1c(F)ccc2cc(O)cc(-c3ncc4c(N5C[C@](C)(O)CCN5)nc(OC[C@@]56CCCN5C[C@H](F)C6)nc4c3F)c12. The Kier molecular flexibility index (Phi) is 6.80. The molecule has 0 unspecified atom stereocenters. The van der Waals surface area contributed by atoms with E-state index in [1.54, 1.807) is 11.9 Å². The predicted octanol–water partition coefficient (Wildman–Crippen LogP) is 4.23. The molecule has 0 radical (unpaired) electrons. The number of aromatic nitrogens is 3. The molecule has 9 nitrogen and oxygen atoms in total. The number of aliphatic hydroxyl groups is 1. The van der Waals surface area contributed by atoms with Crippen LogP contribution in [0.5, 0.6) is 11.8 Å². The Morgan fingerprint density at radius 1 is 1.23 bits per heavy atom. The first-order valence-electron chi connectivity index (χ1n) is 14.6. The Hall–Kier alpha value is -4.18. The van der Waals surface area contributed by atoms with Crippen molar-refractivity contribution in [1.29, 1.82) is 0 Å². The number of ether oxygens (including phenoxy) is 1. The number of phenols is 1. The van der Waals surface area contributed by atoms with Crippen LogP contribution in [0.2, 0.25) is 0 Å². The fourth-order valence-corrected chi connectivity index (χ4v) is 6.97. The van der Waals surface area contributed by atoms with E-state index in [2.05, 4.69) is 31.2 Å². The van der Waals surface area contributed by atoms with Gasteiger partial charge in [-0.3, -0.25) is 14.9 Å². The summed E-state index contributed by atoms with van der Waals surface area (Å²) >= 11 is 0. The van der Waals surface area contributed by atoms with Gasteiger partial charge in [0.05, 0.1) is 28.6 Å². The van der Waals surface area contributed by atoms with Gasteiger partial charge in [0.25, 0.3) is 0 Å². The van der Waals surface area contributed by atoms with E-state index in [0.717, 1.165) is 19.4 Å². The van der Waals surface area contributed by atoms with E-state index in [4.69, 9.17) is 11.2 Å². The van der Waals surface area contributed by atoms with Gasteiger partial charge in [-0.2, -0.15) is 9.97 Å². The monoisotopic (exact) mass is 604 g/mol. The average molecular weight is 605 g/mol. The van der Waals surface area contributed by atoms with Crippen molar-refractivity contribution in [3.8, 4) is 35.4 Å². The fourth-order valence-electron chi connectivity index (χ4n) is 6.97. The largest absolute Gasteiger partial charge is 0.508 e. The molecule has 228 valence electrons. The average Bonchev–Trinajstić information content (AvgIpc) is 3.51. The van der Waals surface area contributed by atoms with Crippen LogP contribution in [0.1, 0.15) is 38.2 Å². The van der Waals surface area contributed by atoms with Gasteiger partial charge < -0.3 is 14.9 Å². The quantitative estimate of drug-likeness (QED) is 0.289. The molecule has 2 aromatic carbocycles. The molecule has 0 amide bonds. The lowest BCUT2D eigenvalue weighted by Gasteiger charge is -2.38. The van der Waals surface area contributed by atoms with Crippen molar-refractivity contribution >= 4 is 27.5 Å². The van der Waals surface area contributed by atoms with Crippen molar-refractivity contribution in [2.24, 2.45) is 0 Å². The normalized spacial score (nSPS) is 25.5. The Morgan fingerprint density at radius 2 is 2.07 bits per heavy atom. The number of rotatable bonds is 5. The van der Waals surface area contributed by atoms with Crippen molar-refractivity contribution in [3.63, 3.8) is 0 Å². The highest BCUT2D eigenvalue weighted by molar-refractivity contribution is 6.03. The number of alkyl halides is 1. The van der Waals surface area contributed by atoms with Crippen LogP contribution in [-0.2, 0) is 0 Å². The highest BCUT2D eigenvalue weighted by Crippen LogP contribution is 2.42. The summed E-state index contributed by atoms with van der Waals surface area (Å²) in [6.45, 7) is 3.55. The van der Waals surface area contributed by atoms with E-state index < -0.39 is 28.9 Å². The molecule has 3 aliphatic heterocycles. The molecule has 3 fully saturated rings. The molecule has 0 saturated carbocycles. The van der Waals surface area contributed by atoms with Crippen LogP contribution in [-0.4, -0.2) is 80.2 Å².